The second kappa shape index (κ2) is 7.97. The quantitative estimate of drug-likeness (QED) is 0.546. The summed E-state index contributed by atoms with van der Waals surface area (Å²) in [5, 5.41) is 14.8. The molecular formula is C14H25N3O4. The molecule has 1 fully saturated rings. The van der Waals surface area contributed by atoms with Gasteiger partial charge in [0, 0.05) is 20.0 Å². The number of carboxylic acids is 1. The van der Waals surface area contributed by atoms with Gasteiger partial charge in [0.05, 0.1) is 6.54 Å². The highest BCUT2D eigenvalue weighted by Crippen LogP contribution is 2.33. The van der Waals surface area contributed by atoms with Gasteiger partial charge in [0.1, 0.15) is 5.54 Å². The third-order valence-corrected chi connectivity index (χ3v) is 3.84. The van der Waals surface area contributed by atoms with Crippen LogP contribution in [0.2, 0.25) is 0 Å². The zero-order chi connectivity index (χ0) is 15.9. The first kappa shape index (κ1) is 17.4. The average Bonchev–Trinajstić information content (AvgIpc) is 2.79. The van der Waals surface area contributed by atoms with Crippen molar-refractivity contribution < 1.29 is 19.5 Å². The van der Waals surface area contributed by atoms with Crippen LogP contribution in [0.4, 0.5) is 0 Å². The second-order valence-corrected chi connectivity index (χ2v) is 5.44. The second-order valence-electron chi connectivity index (χ2n) is 5.44. The van der Waals surface area contributed by atoms with Gasteiger partial charge in [0.15, 0.2) is 0 Å². The molecular weight excluding hydrogens is 274 g/mol. The molecule has 0 radical (unpaired) electrons. The van der Waals surface area contributed by atoms with Crippen LogP contribution < -0.4 is 10.6 Å². The van der Waals surface area contributed by atoms with Crippen molar-refractivity contribution in [2.45, 2.75) is 45.1 Å². The van der Waals surface area contributed by atoms with Crippen molar-refractivity contribution in [1.29, 1.82) is 0 Å². The Hall–Kier alpha value is -1.63. The summed E-state index contributed by atoms with van der Waals surface area (Å²) in [4.78, 5) is 36.0. The van der Waals surface area contributed by atoms with Gasteiger partial charge >= 0.3 is 5.97 Å². The van der Waals surface area contributed by atoms with Gasteiger partial charge in [-0.15, -0.1) is 0 Å². The molecule has 0 aromatic carbocycles. The average molecular weight is 299 g/mol. The summed E-state index contributed by atoms with van der Waals surface area (Å²) in [7, 11) is 0. The van der Waals surface area contributed by atoms with Crippen molar-refractivity contribution in [3.63, 3.8) is 0 Å². The van der Waals surface area contributed by atoms with E-state index in [-0.39, 0.29) is 18.4 Å². The molecule has 7 heteroatoms. The number of nitrogens with one attached hydrogen (secondary N) is 2. The molecule has 120 valence electrons. The lowest BCUT2D eigenvalue weighted by Crippen LogP contribution is -2.53. The van der Waals surface area contributed by atoms with Gasteiger partial charge in [-0.1, -0.05) is 13.3 Å². The Morgan fingerprint density at radius 3 is 2.48 bits per heavy atom. The lowest BCUT2D eigenvalue weighted by molar-refractivity contribution is -0.151. The molecule has 21 heavy (non-hydrogen) atoms. The smallest absolute Gasteiger partial charge is 0.324 e. The normalized spacial score (nSPS) is 22.0. The molecule has 3 N–H and O–H groups in total. The Morgan fingerprint density at radius 1 is 1.24 bits per heavy atom. The Kier molecular flexibility index (Phi) is 6.61. The number of aliphatic carboxylic acids is 1. The van der Waals surface area contributed by atoms with Crippen LogP contribution >= 0.6 is 0 Å². The van der Waals surface area contributed by atoms with E-state index in [1.807, 2.05) is 6.92 Å². The highest BCUT2D eigenvalue weighted by Gasteiger charge is 2.47. The molecule has 0 spiro atoms. The third-order valence-electron chi connectivity index (χ3n) is 3.84. The molecule has 1 aliphatic heterocycles. The predicted octanol–water partition coefficient (Wildman–Crippen LogP) is -0.0420. The molecule has 0 aromatic heterocycles. The topological polar surface area (TPSA) is 98.7 Å². The van der Waals surface area contributed by atoms with Gasteiger partial charge in [-0.25, -0.2) is 0 Å². The summed E-state index contributed by atoms with van der Waals surface area (Å²) in [5.41, 5.74) is -0.899. The zero-order valence-electron chi connectivity index (χ0n) is 12.8. The van der Waals surface area contributed by atoms with Gasteiger partial charge in [0.2, 0.25) is 11.8 Å². The van der Waals surface area contributed by atoms with E-state index in [4.69, 9.17) is 0 Å². The molecule has 0 saturated carbocycles. The highest BCUT2D eigenvalue weighted by molar-refractivity contribution is 5.82. The van der Waals surface area contributed by atoms with Crippen LogP contribution in [-0.4, -0.2) is 59.5 Å². The minimum Gasteiger partial charge on any atom is -0.480 e. The molecule has 0 aliphatic carbocycles. The number of nitrogens with zero attached hydrogens (tertiary/aromatic N) is 1. The SMILES string of the molecule is CCCC1(C(=O)O)CCCN1CC(=O)NCCNC(C)=O. The number of hydrogen-bond acceptors (Lipinski definition) is 4. The lowest BCUT2D eigenvalue weighted by Gasteiger charge is -2.34. The Bertz CT molecular complexity index is 400. The van der Waals surface area contributed by atoms with E-state index in [2.05, 4.69) is 10.6 Å². The summed E-state index contributed by atoms with van der Waals surface area (Å²) in [5.74, 6) is -1.19. The maximum atomic E-state index is 11.9. The number of likely N-dealkylation sites (tertiary alicyclic amines) is 1. The van der Waals surface area contributed by atoms with Crippen LogP contribution in [0.1, 0.15) is 39.5 Å². The highest BCUT2D eigenvalue weighted by atomic mass is 16.4. The molecule has 1 atom stereocenters. The molecule has 1 rings (SSSR count). The van der Waals surface area contributed by atoms with E-state index in [0.717, 1.165) is 12.8 Å². The standard InChI is InChI=1S/C14H25N3O4/c1-3-5-14(13(20)21)6-4-9-17(14)10-12(19)16-8-7-15-11(2)18/h3-10H2,1-2H3,(H,15,18)(H,16,19)(H,20,21). The number of rotatable bonds is 8. The van der Waals surface area contributed by atoms with Crippen molar-refractivity contribution in [2.24, 2.45) is 0 Å². The van der Waals surface area contributed by atoms with E-state index < -0.39 is 11.5 Å². The van der Waals surface area contributed by atoms with Gasteiger partial charge in [-0.2, -0.15) is 0 Å². The van der Waals surface area contributed by atoms with Crippen LogP contribution in [0.25, 0.3) is 0 Å². The van der Waals surface area contributed by atoms with Gasteiger partial charge in [-0.3, -0.25) is 19.3 Å². The van der Waals surface area contributed by atoms with Crippen molar-refractivity contribution in [3.8, 4) is 0 Å². The molecule has 2 amide bonds. The van der Waals surface area contributed by atoms with Crippen LogP contribution in [0.5, 0.6) is 0 Å². The summed E-state index contributed by atoms with van der Waals surface area (Å²) < 4.78 is 0. The summed E-state index contributed by atoms with van der Waals surface area (Å²) in [6.07, 6.45) is 2.72. The monoisotopic (exact) mass is 299 g/mol. The van der Waals surface area contributed by atoms with E-state index in [0.29, 0.717) is 32.5 Å². The number of hydrogen-bond donors (Lipinski definition) is 3. The molecule has 0 bridgehead atoms. The predicted molar refractivity (Wildman–Crippen MR) is 77.8 cm³/mol. The van der Waals surface area contributed by atoms with E-state index in [1.165, 1.54) is 6.92 Å². The Labute approximate surface area is 125 Å². The summed E-state index contributed by atoms with van der Waals surface area (Å²) in [6.45, 7) is 4.81. The van der Waals surface area contributed by atoms with Crippen LogP contribution in [0.3, 0.4) is 0 Å². The number of carboxylic acid groups (broad SMARTS) is 1. The van der Waals surface area contributed by atoms with Crippen molar-refractivity contribution >= 4 is 17.8 Å². The summed E-state index contributed by atoms with van der Waals surface area (Å²) >= 11 is 0. The molecule has 0 aromatic rings. The maximum absolute atomic E-state index is 11.9. The molecule has 1 unspecified atom stereocenters. The first-order valence-electron chi connectivity index (χ1n) is 7.42. The first-order chi connectivity index (χ1) is 9.92. The van der Waals surface area contributed by atoms with E-state index in [1.54, 1.807) is 4.90 Å². The Balaban J connectivity index is 2.49. The molecule has 1 saturated heterocycles. The van der Waals surface area contributed by atoms with E-state index in [9.17, 15) is 19.5 Å². The van der Waals surface area contributed by atoms with Crippen LogP contribution in [0, 0.1) is 0 Å². The zero-order valence-corrected chi connectivity index (χ0v) is 12.8. The summed E-state index contributed by atoms with van der Waals surface area (Å²) in [6, 6.07) is 0. The fourth-order valence-corrected chi connectivity index (χ4v) is 2.88. The van der Waals surface area contributed by atoms with Crippen molar-refractivity contribution in [2.75, 3.05) is 26.2 Å². The maximum Gasteiger partial charge on any atom is 0.324 e. The van der Waals surface area contributed by atoms with Crippen molar-refractivity contribution in [1.82, 2.24) is 15.5 Å². The number of amides is 2. The van der Waals surface area contributed by atoms with Gasteiger partial charge in [-0.05, 0) is 25.8 Å². The number of carbonyl (C=O) groups is 3. The molecule has 1 heterocycles. The fraction of sp³-hybridized carbons (Fsp3) is 0.786. The lowest BCUT2D eigenvalue weighted by atomic mass is 9.90. The third kappa shape index (κ3) is 4.70. The van der Waals surface area contributed by atoms with Crippen molar-refractivity contribution in [3.05, 3.63) is 0 Å². The van der Waals surface area contributed by atoms with Crippen LogP contribution in [-0.2, 0) is 14.4 Å². The number of carbonyl (C=O) groups excluding carboxylic acids is 2. The first-order valence-corrected chi connectivity index (χ1v) is 7.42. The fourth-order valence-electron chi connectivity index (χ4n) is 2.88. The van der Waals surface area contributed by atoms with E-state index >= 15 is 0 Å². The largest absolute Gasteiger partial charge is 0.480 e. The molecule has 1 aliphatic rings. The van der Waals surface area contributed by atoms with Gasteiger partial charge < -0.3 is 15.7 Å². The van der Waals surface area contributed by atoms with Gasteiger partial charge in [0.25, 0.3) is 0 Å². The van der Waals surface area contributed by atoms with Crippen LogP contribution in [0.15, 0.2) is 0 Å². The molecule has 7 nitrogen and oxygen atoms in total. The minimum atomic E-state index is -0.899. The Morgan fingerprint density at radius 2 is 1.90 bits per heavy atom. The minimum absolute atomic E-state index is 0.0897.